The number of fused-ring (bicyclic) bond motifs is 1. The van der Waals surface area contributed by atoms with Crippen LogP contribution in [0, 0.1) is 0 Å². The van der Waals surface area contributed by atoms with Crippen LogP contribution in [0.4, 0.5) is 10.5 Å². The molecule has 5 aromatic rings. The van der Waals surface area contributed by atoms with E-state index in [2.05, 4.69) is 51.9 Å². The third-order valence-corrected chi connectivity index (χ3v) is 6.89. The van der Waals surface area contributed by atoms with E-state index >= 15 is 0 Å². The summed E-state index contributed by atoms with van der Waals surface area (Å²) in [5.74, 6) is 0.755. The number of para-hydroxylation sites is 2. The van der Waals surface area contributed by atoms with E-state index in [-0.39, 0.29) is 12.1 Å². The fourth-order valence-electron chi connectivity index (χ4n) is 4.84. The highest BCUT2D eigenvalue weighted by molar-refractivity contribution is 5.89. The van der Waals surface area contributed by atoms with Crippen molar-refractivity contribution in [3.8, 4) is 28.3 Å². The molecule has 0 atom stereocenters. The van der Waals surface area contributed by atoms with E-state index in [4.69, 9.17) is 14.7 Å². The number of rotatable bonds is 7. The van der Waals surface area contributed by atoms with Crippen LogP contribution in [-0.4, -0.2) is 47.1 Å². The zero-order valence-corrected chi connectivity index (χ0v) is 21.7. The van der Waals surface area contributed by atoms with Gasteiger partial charge < -0.3 is 15.4 Å². The second-order valence-corrected chi connectivity index (χ2v) is 9.69. The first kappa shape index (κ1) is 24.6. The Morgan fingerprint density at radius 1 is 0.795 bits per heavy atom. The van der Waals surface area contributed by atoms with E-state index in [1.807, 2.05) is 66.7 Å². The van der Waals surface area contributed by atoms with Crippen LogP contribution in [0.1, 0.15) is 5.56 Å². The molecule has 0 aliphatic carbocycles. The molecular formula is C32H29N5O2. The van der Waals surface area contributed by atoms with Gasteiger partial charge in [-0.1, -0.05) is 66.7 Å². The number of likely N-dealkylation sites (tertiary alicyclic amines) is 1. The van der Waals surface area contributed by atoms with E-state index in [1.165, 1.54) is 5.56 Å². The van der Waals surface area contributed by atoms with Gasteiger partial charge in [0.25, 0.3) is 0 Å². The smallest absolute Gasteiger partial charge is 0.319 e. The highest BCUT2D eigenvalue weighted by Gasteiger charge is 2.28. The molecule has 2 amide bonds. The molecule has 0 unspecified atom stereocenters. The number of aromatic nitrogens is 2. The Hall–Kier alpha value is -4.75. The minimum atomic E-state index is -0.195. The van der Waals surface area contributed by atoms with Gasteiger partial charge in [-0.15, -0.1) is 0 Å². The highest BCUT2D eigenvalue weighted by atomic mass is 16.5. The van der Waals surface area contributed by atoms with E-state index in [0.29, 0.717) is 0 Å². The van der Waals surface area contributed by atoms with Gasteiger partial charge in [0.15, 0.2) is 0 Å². The lowest BCUT2D eigenvalue weighted by molar-refractivity contribution is 0.124. The maximum absolute atomic E-state index is 12.3. The van der Waals surface area contributed by atoms with Crippen molar-refractivity contribution in [2.45, 2.75) is 12.6 Å². The third kappa shape index (κ3) is 5.58. The number of nitrogens with zero attached hydrogens (tertiary/aromatic N) is 3. The van der Waals surface area contributed by atoms with Gasteiger partial charge in [-0.05, 0) is 42.0 Å². The molecular weight excluding hydrogens is 486 g/mol. The van der Waals surface area contributed by atoms with Crippen molar-refractivity contribution in [2.24, 2.45) is 0 Å². The summed E-state index contributed by atoms with van der Waals surface area (Å²) in [4.78, 5) is 24.6. The quantitative estimate of drug-likeness (QED) is 0.279. The topological polar surface area (TPSA) is 79.4 Å². The molecule has 1 aromatic heterocycles. The standard InChI is InChI=1S/C32H29N5O2/c1-39-27-17-15-25(16-18-27)33-32(38)34-26-20-37(21-26)19-22-11-13-24(14-12-22)31-30(23-7-3-2-4-8-23)35-28-9-5-6-10-29(28)36-31/h2-18,26H,19-21H2,1H3,(H2,33,34,38). The number of hydrogen-bond donors (Lipinski definition) is 2. The Morgan fingerprint density at radius 2 is 1.38 bits per heavy atom. The lowest BCUT2D eigenvalue weighted by atomic mass is 10.0. The predicted molar refractivity (Wildman–Crippen MR) is 155 cm³/mol. The minimum Gasteiger partial charge on any atom is -0.497 e. The van der Waals surface area contributed by atoms with Gasteiger partial charge >= 0.3 is 6.03 Å². The van der Waals surface area contributed by atoms with Crippen molar-refractivity contribution < 1.29 is 9.53 Å². The second-order valence-electron chi connectivity index (χ2n) is 9.69. The van der Waals surface area contributed by atoms with Crippen LogP contribution in [0.15, 0.2) is 103 Å². The third-order valence-electron chi connectivity index (χ3n) is 6.89. The number of anilines is 1. The molecule has 0 radical (unpaired) electrons. The molecule has 1 aliphatic rings. The molecule has 0 bridgehead atoms. The molecule has 6 rings (SSSR count). The Bertz CT molecular complexity index is 1580. The van der Waals surface area contributed by atoms with Gasteiger partial charge in [0.2, 0.25) is 0 Å². The molecule has 2 N–H and O–H groups in total. The lowest BCUT2D eigenvalue weighted by Gasteiger charge is -2.39. The summed E-state index contributed by atoms with van der Waals surface area (Å²) in [6.45, 7) is 2.45. The van der Waals surface area contributed by atoms with E-state index in [1.54, 1.807) is 7.11 Å². The number of hydrogen-bond acceptors (Lipinski definition) is 5. The molecule has 4 aromatic carbocycles. The van der Waals surface area contributed by atoms with Crippen molar-refractivity contribution in [3.05, 3.63) is 109 Å². The Balaban J connectivity index is 1.09. The van der Waals surface area contributed by atoms with Gasteiger partial charge in [-0.25, -0.2) is 14.8 Å². The van der Waals surface area contributed by atoms with Crippen LogP contribution >= 0.6 is 0 Å². The zero-order chi connectivity index (χ0) is 26.6. The molecule has 1 aliphatic heterocycles. The molecule has 1 fully saturated rings. The number of methoxy groups -OCH3 is 1. The Labute approximate surface area is 227 Å². The molecule has 7 heteroatoms. The van der Waals surface area contributed by atoms with Gasteiger partial charge in [0, 0.05) is 36.4 Å². The second kappa shape index (κ2) is 10.9. The van der Waals surface area contributed by atoms with Crippen LogP contribution in [-0.2, 0) is 6.54 Å². The normalized spacial score (nSPS) is 13.6. The Kier molecular flexibility index (Phi) is 6.89. The number of benzene rings is 4. The summed E-state index contributed by atoms with van der Waals surface area (Å²) >= 11 is 0. The predicted octanol–water partition coefficient (Wildman–Crippen LogP) is 5.98. The number of amides is 2. The first-order valence-corrected chi connectivity index (χ1v) is 13.0. The molecule has 7 nitrogen and oxygen atoms in total. The number of carbonyl (C=O) groups is 1. The molecule has 1 saturated heterocycles. The number of carbonyl (C=O) groups excluding carboxylic acids is 1. The van der Waals surface area contributed by atoms with Crippen LogP contribution in [0.2, 0.25) is 0 Å². The van der Waals surface area contributed by atoms with Crippen LogP contribution in [0.5, 0.6) is 5.75 Å². The maximum atomic E-state index is 12.3. The van der Waals surface area contributed by atoms with Crippen molar-refractivity contribution in [2.75, 3.05) is 25.5 Å². The molecule has 0 spiro atoms. The molecule has 0 saturated carbocycles. The summed E-state index contributed by atoms with van der Waals surface area (Å²) in [5, 5.41) is 5.91. The van der Waals surface area contributed by atoms with Gasteiger partial charge in [0.05, 0.1) is 35.6 Å². The van der Waals surface area contributed by atoms with E-state index in [9.17, 15) is 4.79 Å². The number of nitrogens with one attached hydrogen (secondary N) is 2. The van der Waals surface area contributed by atoms with Gasteiger partial charge in [0.1, 0.15) is 5.75 Å². The average molecular weight is 516 g/mol. The van der Waals surface area contributed by atoms with E-state index in [0.717, 1.165) is 64.6 Å². The van der Waals surface area contributed by atoms with Crippen molar-refractivity contribution in [1.29, 1.82) is 0 Å². The van der Waals surface area contributed by atoms with Gasteiger partial charge in [-0.3, -0.25) is 4.90 Å². The minimum absolute atomic E-state index is 0.129. The molecule has 194 valence electrons. The van der Waals surface area contributed by atoms with Crippen LogP contribution in [0.25, 0.3) is 33.5 Å². The van der Waals surface area contributed by atoms with Crippen LogP contribution < -0.4 is 15.4 Å². The highest BCUT2D eigenvalue weighted by Crippen LogP contribution is 2.31. The Morgan fingerprint density at radius 3 is 2.00 bits per heavy atom. The van der Waals surface area contributed by atoms with Crippen molar-refractivity contribution >= 4 is 22.8 Å². The molecule has 2 heterocycles. The van der Waals surface area contributed by atoms with Crippen molar-refractivity contribution in [3.63, 3.8) is 0 Å². The fraction of sp³-hybridized carbons (Fsp3) is 0.156. The van der Waals surface area contributed by atoms with Crippen LogP contribution in [0.3, 0.4) is 0 Å². The summed E-state index contributed by atoms with van der Waals surface area (Å²) in [5.41, 5.74) is 7.56. The van der Waals surface area contributed by atoms with Crippen molar-refractivity contribution in [1.82, 2.24) is 20.2 Å². The largest absolute Gasteiger partial charge is 0.497 e. The molecule has 39 heavy (non-hydrogen) atoms. The lowest BCUT2D eigenvalue weighted by Crippen LogP contribution is -2.59. The number of ether oxygens (including phenoxy) is 1. The average Bonchev–Trinajstić information content (AvgIpc) is 2.96. The zero-order valence-electron chi connectivity index (χ0n) is 21.7. The monoisotopic (exact) mass is 515 g/mol. The van der Waals surface area contributed by atoms with Gasteiger partial charge in [-0.2, -0.15) is 0 Å². The fourth-order valence-corrected chi connectivity index (χ4v) is 4.84. The maximum Gasteiger partial charge on any atom is 0.319 e. The van der Waals surface area contributed by atoms with E-state index < -0.39 is 0 Å². The number of urea groups is 1. The summed E-state index contributed by atoms with van der Waals surface area (Å²) < 4.78 is 5.15. The summed E-state index contributed by atoms with van der Waals surface area (Å²) in [6.07, 6.45) is 0. The summed E-state index contributed by atoms with van der Waals surface area (Å²) in [7, 11) is 1.62. The summed E-state index contributed by atoms with van der Waals surface area (Å²) in [6, 6.07) is 33.9. The SMILES string of the molecule is COc1ccc(NC(=O)NC2CN(Cc3ccc(-c4nc5ccccc5nc4-c4ccccc4)cc3)C2)cc1. The first-order valence-electron chi connectivity index (χ1n) is 13.0. The first-order chi connectivity index (χ1) is 19.1.